The number of hydrogen-bond donors (Lipinski definition) is 1. The molecular weight excluding hydrogens is 264 g/mol. The van der Waals surface area contributed by atoms with Crippen LogP contribution in [0.5, 0.6) is 5.75 Å². The molecule has 114 valence electrons. The zero-order valence-corrected chi connectivity index (χ0v) is 13.1. The van der Waals surface area contributed by atoms with Crippen molar-refractivity contribution in [2.75, 3.05) is 13.7 Å². The molecule has 1 aliphatic carbocycles. The Morgan fingerprint density at radius 2 is 2.19 bits per heavy atom. The van der Waals surface area contributed by atoms with Crippen LogP contribution in [0.4, 0.5) is 0 Å². The minimum absolute atomic E-state index is 0.0196. The van der Waals surface area contributed by atoms with E-state index in [0.29, 0.717) is 5.92 Å². The van der Waals surface area contributed by atoms with E-state index in [9.17, 15) is 4.79 Å². The molecule has 0 radical (unpaired) electrons. The molecule has 0 bridgehead atoms. The summed E-state index contributed by atoms with van der Waals surface area (Å²) in [6, 6.07) is 8.01. The van der Waals surface area contributed by atoms with Crippen LogP contribution in [0.2, 0.25) is 0 Å². The van der Waals surface area contributed by atoms with Crippen molar-refractivity contribution >= 4 is 5.91 Å². The van der Waals surface area contributed by atoms with Crippen LogP contribution in [0.3, 0.4) is 0 Å². The van der Waals surface area contributed by atoms with Crippen molar-refractivity contribution in [1.82, 2.24) is 10.2 Å². The van der Waals surface area contributed by atoms with Crippen molar-refractivity contribution in [3.05, 3.63) is 29.8 Å². The Labute approximate surface area is 126 Å². The van der Waals surface area contributed by atoms with Crippen molar-refractivity contribution in [2.24, 2.45) is 5.92 Å². The molecule has 4 nitrogen and oxygen atoms in total. The molecule has 1 heterocycles. The first-order valence-electron chi connectivity index (χ1n) is 7.78. The van der Waals surface area contributed by atoms with Crippen LogP contribution in [-0.4, -0.2) is 30.0 Å². The number of benzene rings is 1. The quantitative estimate of drug-likeness (QED) is 0.906. The number of hydrogen-bond acceptors (Lipinski definition) is 3. The summed E-state index contributed by atoms with van der Waals surface area (Å²) in [5.74, 6) is 1.71. The molecule has 1 atom stereocenters. The van der Waals surface area contributed by atoms with E-state index in [2.05, 4.69) is 25.2 Å². The molecule has 1 unspecified atom stereocenters. The van der Waals surface area contributed by atoms with Gasteiger partial charge in [0.05, 0.1) is 7.11 Å². The van der Waals surface area contributed by atoms with Crippen molar-refractivity contribution in [3.63, 3.8) is 0 Å². The van der Waals surface area contributed by atoms with Crippen molar-refractivity contribution in [3.8, 4) is 5.75 Å². The molecule has 2 fully saturated rings. The lowest BCUT2D eigenvalue weighted by Gasteiger charge is -2.25. The van der Waals surface area contributed by atoms with Crippen LogP contribution < -0.4 is 10.1 Å². The smallest absolute Gasteiger partial charge is 0.244 e. The molecule has 1 N–H and O–H groups in total. The number of methoxy groups -OCH3 is 1. The Morgan fingerprint density at radius 1 is 1.43 bits per heavy atom. The van der Waals surface area contributed by atoms with Gasteiger partial charge < -0.3 is 9.64 Å². The van der Waals surface area contributed by atoms with E-state index in [0.717, 1.165) is 37.1 Å². The van der Waals surface area contributed by atoms with Crippen molar-refractivity contribution in [1.29, 1.82) is 0 Å². The molecule has 1 spiro atoms. The maximum atomic E-state index is 12.7. The molecule has 1 aliphatic heterocycles. The maximum absolute atomic E-state index is 12.7. The average Bonchev–Trinajstić information content (AvgIpc) is 3.20. The maximum Gasteiger partial charge on any atom is 0.244 e. The summed E-state index contributed by atoms with van der Waals surface area (Å²) in [6.07, 6.45) is 2.94. The van der Waals surface area contributed by atoms with E-state index in [1.807, 2.05) is 23.1 Å². The van der Waals surface area contributed by atoms with Gasteiger partial charge in [-0.25, -0.2) is 0 Å². The summed E-state index contributed by atoms with van der Waals surface area (Å²) < 4.78 is 5.31. The summed E-state index contributed by atoms with van der Waals surface area (Å²) >= 11 is 0. The van der Waals surface area contributed by atoms with E-state index in [1.54, 1.807) is 7.11 Å². The lowest BCUT2D eigenvalue weighted by Crippen LogP contribution is -2.33. The largest absolute Gasteiger partial charge is 0.497 e. The first-order chi connectivity index (χ1) is 10.1. The molecule has 1 saturated heterocycles. The van der Waals surface area contributed by atoms with E-state index in [4.69, 9.17) is 4.74 Å². The van der Waals surface area contributed by atoms with Gasteiger partial charge in [-0.15, -0.1) is 0 Å². The monoisotopic (exact) mass is 288 g/mol. The summed E-state index contributed by atoms with van der Waals surface area (Å²) in [5, 5.41) is 3.55. The molecule has 1 amide bonds. The number of amides is 1. The topological polar surface area (TPSA) is 41.6 Å². The number of nitrogens with zero attached hydrogens (tertiary/aromatic N) is 1. The molecule has 4 heteroatoms. The van der Waals surface area contributed by atoms with Gasteiger partial charge in [-0.3, -0.25) is 10.1 Å². The van der Waals surface area contributed by atoms with Gasteiger partial charge in [0.2, 0.25) is 5.91 Å². The number of ether oxygens (including phenoxy) is 1. The molecule has 1 aromatic carbocycles. The lowest BCUT2D eigenvalue weighted by molar-refractivity contribution is -0.131. The van der Waals surface area contributed by atoms with E-state index < -0.39 is 0 Å². The second kappa shape index (κ2) is 5.34. The molecule has 1 aromatic rings. The number of rotatable bonds is 5. The van der Waals surface area contributed by atoms with Crippen LogP contribution in [0, 0.1) is 5.92 Å². The Kier molecular flexibility index (Phi) is 3.66. The van der Waals surface area contributed by atoms with Gasteiger partial charge >= 0.3 is 0 Å². The highest BCUT2D eigenvalue weighted by Crippen LogP contribution is 2.46. The van der Waals surface area contributed by atoms with Crippen molar-refractivity contribution in [2.45, 2.75) is 44.8 Å². The van der Waals surface area contributed by atoms with E-state index in [-0.39, 0.29) is 17.6 Å². The highest BCUT2D eigenvalue weighted by molar-refractivity contribution is 5.92. The predicted molar refractivity (Wildman–Crippen MR) is 82.0 cm³/mol. The molecule has 0 aromatic heterocycles. The zero-order chi connectivity index (χ0) is 15.0. The fraction of sp³-hybridized carbons (Fsp3) is 0.588. The summed E-state index contributed by atoms with van der Waals surface area (Å²) in [4.78, 5) is 14.7. The van der Waals surface area contributed by atoms with Gasteiger partial charge in [-0.2, -0.15) is 0 Å². The van der Waals surface area contributed by atoms with Crippen molar-refractivity contribution < 1.29 is 9.53 Å². The first-order valence-corrected chi connectivity index (χ1v) is 7.78. The highest BCUT2D eigenvalue weighted by Gasteiger charge is 2.59. The van der Waals surface area contributed by atoms with Crippen LogP contribution in [0.15, 0.2) is 24.3 Å². The molecule has 2 aliphatic rings. The van der Waals surface area contributed by atoms with Crippen LogP contribution in [0.1, 0.15) is 44.8 Å². The fourth-order valence-corrected chi connectivity index (χ4v) is 2.98. The predicted octanol–water partition coefficient (Wildman–Crippen LogP) is 2.70. The highest BCUT2D eigenvalue weighted by atomic mass is 16.5. The number of nitrogens with one attached hydrogen (secondary N) is 1. The van der Waals surface area contributed by atoms with Crippen LogP contribution >= 0.6 is 0 Å². The third-order valence-corrected chi connectivity index (χ3v) is 4.50. The van der Waals surface area contributed by atoms with Crippen LogP contribution in [-0.2, 0) is 4.79 Å². The first kappa shape index (κ1) is 14.4. The minimum Gasteiger partial charge on any atom is -0.497 e. The molecule has 3 rings (SSSR count). The van der Waals surface area contributed by atoms with Gasteiger partial charge in [0, 0.05) is 6.54 Å². The van der Waals surface area contributed by atoms with Gasteiger partial charge in [-0.05, 0) is 42.9 Å². The standard InChI is InChI=1S/C17H24N2O2/c1-12(2)7-10-19-15(18-17(8-9-17)16(19)20)13-5-4-6-14(11-13)21-3/h4-6,11-12,15,18H,7-10H2,1-3H3. The summed E-state index contributed by atoms with van der Waals surface area (Å²) in [5.41, 5.74) is 0.834. The zero-order valence-electron chi connectivity index (χ0n) is 13.1. The third-order valence-electron chi connectivity index (χ3n) is 4.50. The average molecular weight is 288 g/mol. The van der Waals surface area contributed by atoms with Gasteiger partial charge in [-0.1, -0.05) is 26.0 Å². The third kappa shape index (κ3) is 2.64. The van der Waals surface area contributed by atoms with Gasteiger partial charge in [0.1, 0.15) is 17.5 Å². The molecule has 21 heavy (non-hydrogen) atoms. The Morgan fingerprint density at radius 3 is 2.81 bits per heavy atom. The normalized spacial score (nSPS) is 23.1. The summed E-state index contributed by atoms with van der Waals surface area (Å²) in [6.45, 7) is 5.20. The molecular formula is C17H24N2O2. The molecule has 1 saturated carbocycles. The van der Waals surface area contributed by atoms with E-state index in [1.165, 1.54) is 0 Å². The number of carbonyl (C=O) groups excluding carboxylic acids is 1. The Bertz CT molecular complexity index is 537. The Hall–Kier alpha value is -1.55. The van der Waals surface area contributed by atoms with Gasteiger partial charge in [0.25, 0.3) is 0 Å². The lowest BCUT2D eigenvalue weighted by atomic mass is 10.1. The van der Waals surface area contributed by atoms with Crippen LogP contribution in [0.25, 0.3) is 0 Å². The number of carbonyl (C=O) groups is 1. The van der Waals surface area contributed by atoms with E-state index >= 15 is 0 Å². The minimum atomic E-state index is -0.273. The second-order valence-corrected chi connectivity index (χ2v) is 6.59. The summed E-state index contributed by atoms with van der Waals surface area (Å²) in [7, 11) is 1.67. The second-order valence-electron chi connectivity index (χ2n) is 6.59. The fourth-order valence-electron chi connectivity index (χ4n) is 2.98. The Balaban J connectivity index is 1.85. The van der Waals surface area contributed by atoms with Gasteiger partial charge in [0.15, 0.2) is 0 Å². The SMILES string of the molecule is COc1cccc(C2NC3(CC3)C(=O)N2CCC(C)C)c1.